The number of aliphatic hydroxyl groups excluding tert-OH is 1. The van der Waals surface area contributed by atoms with Gasteiger partial charge in [0.2, 0.25) is 0 Å². The molecule has 0 saturated carbocycles. The molecule has 0 spiro atoms. The fourth-order valence-electron chi connectivity index (χ4n) is 2.22. The number of rotatable bonds is 8. The Bertz CT molecular complexity index is 432. The number of anilines is 1. The van der Waals surface area contributed by atoms with Crippen molar-refractivity contribution in [2.45, 2.75) is 33.6 Å². The quantitative estimate of drug-likeness (QED) is 0.685. The average Bonchev–Trinajstić information content (AvgIpc) is 2.44. The highest BCUT2D eigenvalue weighted by Gasteiger charge is 2.11. The van der Waals surface area contributed by atoms with Gasteiger partial charge in [0.15, 0.2) is 0 Å². The van der Waals surface area contributed by atoms with Crippen LogP contribution in [0.15, 0.2) is 18.2 Å². The molecule has 1 unspecified atom stereocenters. The zero-order valence-electron chi connectivity index (χ0n) is 12.7. The minimum absolute atomic E-state index is 0.0444. The van der Waals surface area contributed by atoms with Crippen LogP contribution < -0.4 is 10.6 Å². The molecule has 0 radical (unpaired) electrons. The lowest BCUT2D eigenvalue weighted by atomic mass is 10.0. The second-order valence-electron chi connectivity index (χ2n) is 5.23. The number of nitrogens with one attached hydrogen (secondary N) is 2. The third-order valence-electron chi connectivity index (χ3n) is 3.40. The first kappa shape index (κ1) is 16.5. The van der Waals surface area contributed by atoms with Crippen molar-refractivity contribution in [1.82, 2.24) is 5.32 Å². The maximum absolute atomic E-state index is 12.0. The molecule has 0 aliphatic carbocycles. The summed E-state index contributed by atoms with van der Waals surface area (Å²) in [5.74, 6) is 0.480. The van der Waals surface area contributed by atoms with Gasteiger partial charge in [-0.25, -0.2) is 0 Å². The average molecular weight is 278 g/mol. The van der Waals surface area contributed by atoms with E-state index in [1.165, 1.54) is 12.8 Å². The molecule has 0 aromatic heterocycles. The molecule has 4 heteroatoms. The van der Waals surface area contributed by atoms with E-state index >= 15 is 0 Å². The second-order valence-corrected chi connectivity index (χ2v) is 5.23. The molecule has 0 heterocycles. The number of aliphatic hydroxyl groups is 1. The van der Waals surface area contributed by atoms with Crippen molar-refractivity contribution in [1.29, 1.82) is 0 Å². The zero-order valence-corrected chi connectivity index (χ0v) is 12.7. The van der Waals surface area contributed by atoms with Crippen LogP contribution in [0.3, 0.4) is 0 Å². The van der Waals surface area contributed by atoms with E-state index < -0.39 is 0 Å². The smallest absolute Gasteiger partial charge is 0.251 e. The fraction of sp³-hybridized carbons (Fsp3) is 0.562. The fourth-order valence-corrected chi connectivity index (χ4v) is 2.22. The summed E-state index contributed by atoms with van der Waals surface area (Å²) in [6.45, 7) is 7.51. The highest BCUT2D eigenvalue weighted by Crippen LogP contribution is 2.19. The van der Waals surface area contributed by atoms with E-state index in [0.29, 0.717) is 11.5 Å². The molecule has 1 aromatic carbocycles. The van der Waals surface area contributed by atoms with Gasteiger partial charge in [0.1, 0.15) is 0 Å². The van der Waals surface area contributed by atoms with Gasteiger partial charge in [0.05, 0.1) is 6.61 Å². The van der Waals surface area contributed by atoms with Gasteiger partial charge >= 0.3 is 0 Å². The number of amides is 1. The Labute approximate surface area is 121 Å². The van der Waals surface area contributed by atoms with Crippen LogP contribution in [0.5, 0.6) is 0 Å². The Morgan fingerprint density at radius 3 is 2.80 bits per heavy atom. The molecule has 0 aliphatic heterocycles. The van der Waals surface area contributed by atoms with Crippen LogP contribution in [0.4, 0.5) is 5.69 Å². The van der Waals surface area contributed by atoms with Crippen molar-refractivity contribution in [3.8, 4) is 0 Å². The van der Waals surface area contributed by atoms with Crippen molar-refractivity contribution in [2.75, 3.05) is 25.0 Å². The van der Waals surface area contributed by atoms with Gasteiger partial charge < -0.3 is 15.7 Å². The zero-order chi connectivity index (χ0) is 15.0. The van der Waals surface area contributed by atoms with Crippen molar-refractivity contribution in [3.63, 3.8) is 0 Å². The molecule has 0 saturated heterocycles. The highest BCUT2D eigenvalue weighted by molar-refractivity contribution is 5.97. The lowest BCUT2D eigenvalue weighted by molar-refractivity contribution is 0.0944. The number of carbonyl (C=O) groups is 1. The summed E-state index contributed by atoms with van der Waals surface area (Å²) in [6.07, 6.45) is 2.38. The van der Waals surface area contributed by atoms with Crippen molar-refractivity contribution >= 4 is 11.6 Å². The molecule has 1 rings (SSSR count). The van der Waals surface area contributed by atoms with E-state index in [0.717, 1.165) is 17.8 Å². The molecule has 0 bridgehead atoms. The van der Waals surface area contributed by atoms with Crippen LogP contribution in [0.25, 0.3) is 0 Å². The molecular weight excluding hydrogens is 252 g/mol. The predicted molar refractivity (Wildman–Crippen MR) is 83.2 cm³/mol. The predicted octanol–water partition coefficient (Wildman–Crippen LogP) is 2.57. The minimum Gasteiger partial charge on any atom is -0.395 e. The molecule has 20 heavy (non-hydrogen) atoms. The van der Waals surface area contributed by atoms with Gasteiger partial charge in [-0.1, -0.05) is 26.3 Å². The summed E-state index contributed by atoms with van der Waals surface area (Å²) in [6, 6.07) is 5.69. The third-order valence-corrected chi connectivity index (χ3v) is 3.40. The van der Waals surface area contributed by atoms with Crippen LogP contribution in [0.1, 0.15) is 42.6 Å². The summed E-state index contributed by atoms with van der Waals surface area (Å²) in [4.78, 5) is 12.0. The van der Waals surface area contributed by atoms with E-state index in [4.69, 9.17) is 5.11 Å². The van der Waals surface area contributed by atoms with E-state index in [1.807, 2.05) is 25.1 Å². The topological polar surface area (TPSA) is 61.4 Å². The molecule has 1 aromatic rings. The van der Waals surface area contributed by atoms with Crippen LogP contribution in [0, 0.1) is 12.8 Å². The number of hydrogen-bond acceptors (Lipinski definition) is 3. The Hall–Kier alpha value is -1.55. The van der Waals surface area contributed by atoms with Gasteiger partial charge in [-0.2, -0.15) is 0 Å². The van der Waals surface area contributed by atoms with E-state index in [9.17, 15) is 4.79 Å². The largest absolute Gasteiger partial charge is 0.395 e. The minimum atomic E-state index is -0.137. The van der Waals surface area contributed by atoms with E-state index in [-0.39, 0.29) is 19.1 Å². The summed E-state index contributed by atoms with van der Waals surface area (Å²) < 4.78 is 0. The summed E-state index contributed by atoms with van der Waals surface area (Å²) in [5, 5.41) is 14.9. The first-order chi connectivity index (χ1) is 9.60. The van der Waals surface area contributed by atoms with Crippen molar-refractivity contribution < 1.29 is 9.90 Å². The van der Waals surface area contributed by atoms with Crippen LogP contribution in [0.2, 0.25) is 0 Å². The molecule has 112 valence electrons. The molecule has 1 atom stereocenters. The molecule has 1 amide bonds. The molecule has 3 N–H and O–H groups in total. The molecule has 4 nitrogen and oxygen atoms in total. The second kappa shape index (κ2) is 8.59. The molecule has 0 aliphatic rings. The Balaban J connectivity index is 2.71. The summed E-state index contributed by atoms with van der Waals surface area (Å²) in [7, 11) is 0. The monoisotopic (exact) mass is 278 g/mol. The number of benzene rings is 1. The van der Waals surface area contributed by atoms with Gasteiger partial charge in [0.25, 0.3) is 5.91 Å². The highest BCUT2D eigenvalue weighted by atomic mass is 16.3. The van der Waals surface area contributed by atoms with Gasteiger partial charge in [0, 0.05) is 24.3 Å². The third kappa shape index (κ3) is 4.85. The van der Waals surface area contributed by atoms with Crippen LogP contribution in [-0.4, -0.2) is 30.7 Å². The lowest BCUT2D eigenvalue weighted by Crippen LogP contribution is -2.27. The molecular formula is C16H26N2O2. The SMILES string of the molecule is CCCC(C)CNc1cccc(C(=O)NCCO)c1C. The normalized spacial score (nSPS) is 12.0. The van der Waals surface area contributed by atoms with Gasteiger partial charge in [-0.15, -0.1) is 0 Å². The lowest BCUT2D eigenvalue weighted by Gasteiger charge is -2.16. The van der Waals surface area contributed by atoms with E-state index in [2.05, 4.69) is 24.5 Å². The Morgan fingerprint density at radius 1 is 1.40 bits per heavy atom. The standard InChI is InChI=1S/C16H26N2O2/c1-4-6-12(2)11-18-15-8-5-7-14(13(15)3)16(20)17-9-10-19/h5,7-8,12,18-19H,4,6,9-11H2,1-3H3,(H,17,20). The Morgan fingerprint density at radius 2 is 2.15 bits per heavy atom. The number of hydrogen-bond donors (Lipinski definition) is 3. The van der Waals surface area contributed by atoms with Crippen molar-refractivity contribution in [3.05, 3.63) is 29.3 Å². The first-order valence-corrected chi connectivity index (χ1v) is 7.32. The maximum Gasteiger partial charge on any atom is 0.251 e. The van der Waals surface area contributed by atoms with Crippen LogP contribution >= 0.6 is 0 Å². The summed E-state index contributed by atoms with van der Waals surface area (Å²) >= 11 is 0. The van der Waals surface area contributed by atoms with Crippen LogP contribution in [-0.2, 0) is 0 Å². The van der Waals surface area contributed by atoms with Gasteiger partial charge in [-0.3, -0.25) is 4.79 Å². The Kier molecular flexibility index (Phi) is 7.09. The number of carbonyl (C=O) groups excluding carboxylic acids is 1. The maximum atomic E-state index is 12.0. The molecule has 0 fully saturated rings. The van der Waals surface area contributed by atoms with Crippen molar-refractivity contribution in [2.24, 2.45) is 5.92 Å². The summed E-state index contributed by atoms with van der Waals surface area (Å²) in [5.41, 5.74) is 2.61. The van der Waals surface area contributed by atoms with Gasteiger partial charge in [-0.05, 0) is 37.0 Å². The first-order valence-electron chi connectivity index (χ1n) is 7.32. The van der Waals surface area contributed by atoms with E-state index in [1.54, 1.807) is 0 Å².